The number of rotatable bonds is 10. The van der Waals surface area contributed by atoms with Gasteiger partial charge in [-0.25, -0.2) is 9.37 Å². The fourth-order valence-electron chi connectivity index (χ4n) is 3.19. The van der Waals surface area contributed by atoms with Crippen LogP contribution >= 0.6 is 34.8 Å². The summed E-state index contributed by atoms with van der Waals surface area (Å²) in [5.74, 6) is -1.53. The lowest BCUT2D eigenvalue weighted by molar-refractivity contribution is 0.0799. The number of aromatic nitrogens is 2. The quantitative estimate of drug-likeness (QED) is 0.208. The lowest BCUT2D eigenvalue weighted by atomic mass is 10.2. The number of nitrogens with zero attached hydrogens (tertiary/aromatic N) is 3. The number of nitrogens with one attached hydrogen (secondary N) is 1. The predicted molar refractivity (Wildman–Crippen MR) is 145 cm³/mol. The van der Waals surface area contributed by atoms with Crippen molar-refractivity contribution in [3.05, 3.63) is 68.2 Å². The van der Waals surface area contributed by atoms with Crippen molar-refractivity contribution in [1.82, 2.24) is 14.9 Å². The van der Waals surface area contributed by atoms with Gasteiger partial charge >= 0.3 is 0 Å². The normalized spacial score (nSPS) is 11.3. The Hall–Kier alpha value is -2.81. The van der Waals surface area contributed by atoms with Crippen LogP contribution in [-0.4, -0.2) is 30.1 Å². The van der Waals surface area contributed by atoms with Crippen molar-refractivity contribution in [2.75, 3.05) is 12.3 Å². The van der Waals surface area contributed by atoms with Crippen LogP contribution in [0, 0.1) is 17.1 Å². The summed E-state index contributed by atoms with van der Waals surface area (Å²) < 4.78 is 27.9. The molecule has 3 rings (SSSR count). The molecule has 0 aliphatic rings. The number of benzene rings is 2. The van der Waals surface area contributed by atoms with Gasteiger partial charge in [0.25, 0.3) is 5.91 Å². The van der Waals surface area contributed by atoms with Gasteiger partial charge in [0.15, 0.2) is 16.7 Å². The molecule has 3 N–H and O–H groups in total. The van der Waals surface area contributed by atoms with Crippen LogP contribution in [-0.2, 0) is 18.0 Å². The second-order valence-corrected chi connectivity index (χ2v) is 16.1. The number of hydrogen-bond acceptors (Lipinski definition) is 6. The summed E-state index contributed by atoms with van der Waals surface area (Å²) in [6.45, 7) is 6.96. The third-order valence-corrected chi connectivity index (χ3v) is 7.66. The summed E-state index contributed by atoms with van der Waals surface area (Å²) in [4.78, 5) is 16.9. The maximum atomic E-state index is 15.3. The molecule has 0 aliphatic carbocycles. The van der Waals surface area contributed by atoms with Crippen molar-refractivity contribution in [3.8, 4) is 17.6 Å². The van der Waals surface area contributed by atoms with Gasteiger partial charge in [-0.05, 0) is 30.3 Å². The molecule has 0 aliphatic heterocycles. The number of anilines is 1. The van der Waals surface area contributed by atoms with Gasteiger partial charge in [-0.2, -0.15) is 5.26 Å². The number of halogens is 4. The van der Waals surface area contributed by atoms with Gasteiger partial charge in [0.2, 0.25) is 5.95 Å². The number of nitrogen functional groups attached to an aromatic ring is 1. The highest BCUT2D eigenvalue weighted by molar-refractivity contribution is 6.76. The van der Waals surface area contributed by atoms with Gasteiger partial charge in [-0.15, -0.1) is 0 Å². The number of amides is 1. The number of carbonyl (C=O) groups is 1. The molecule has 0 saturated heterocycles. The molecule has 0 spiro atoms. The molecule has 13 heteroatoms. The van der Waals surface area contributed by atoms with Crippen LogP contribution in [0.4, 0.5) is 10.3 Å². The van der Waals surface area contributed by atoms with Crippen LogP contribution in [0.3, 0.4) is 0 Å². The fourth-order valence-corrected chi connectivity index (χ4v) is 4.63. The molecule has 37 heavy (non-hydrogen) atoms. The van der Waals surface area contributed by atoms with Crippen LogP contribution in [0.2, 0.25) is 40.9 Å². The van der Waals surface area contributed by atoms with Crippen LogP contribution in [0.5, 0.6) is 11.5 Å². The zero-order chi connectivity index (χ0) is 27.3. The average Bonchev–Trinajstić information content (AvgIpc) is 3.10. The summed E-state index contributed by atoms with van der Waals surface area (Å²) in [7, 11) is -1.30. The molecular formula is C24H25Cl3FN5O3Si. The Kier molecular flexibility index (Phi) is 9.45. The molecule has 1 heterocycles. The van der Waals surface area contributed by atoms with Crippen molar-refractivity contribution in [2.24, 2.45) is 0 Å². The van der Waals surface area contributed by atoms with E-state index in [1.807, 2.05) is 6.07 Å². The van der Waals surface area contributed by atoms with E-state index in [0.29, 0.717) is 6.61 Å². The molecule has 196 valence electrons. The molecule has 1 aromatic heterocycles. The Morgan fingerprint density at radius 1 is 1.24 bits per heavy atom. The second-order valence-electron chi connectivity index (χ2n) is 9.31. The first-order valence-corrected chi connectivity index (χ1v) is 16.0. The Balaban J connectivity index is 1.75. The lowest BCUT2D eigenvalue weighted by Crippen LogP contribution is -2.27. The van der Waals surface area contributed by atoms with Gasteiger partial charge in [0.1, 0.15) is 18.2 Å². The van der Waals surface area contributed by atoms with E-state index in [2.05, 4.69) is 29.9 Å². The number of imidazole rings is 1. The van der Waals surface area contributed by atoms with Crippen molar-refractivity contribution >= 4 is 54.7 Å². The van der Waals surface area contributed by atoms with Gasteiger partial charge in [0.05, 0.1) is 16.7 Å². The van der Waals surface area contributed by atoms with E-state index >= 15 is 4.39 Å². The van der Waals surface area contributed by atoms with Gasteiger partial charge in [0, 0.05) is 31.8 Å². The largest absolute Gasteiger partial charge is 0.453 e. The maximum Gasteiger partial charge on any atom is 0.271 e. The van der Waals surface area contributed by atoms with Crippen molar-refractivity contribution < 1.29 is 18.7 Å². The Labute approximate surface area is 230 Å². The van der Waals surface area contributed by atoms with Gasteiger partial charge in [-0.1, -0.05) is 60.5 Å². The first kappa shape index (κ1) is 28.8. The minimum Gasteiger partial charge on any atom is -0.453 e. The smallest absolute Gasteiger partial charge is 0.271 e. The Morgan fingerprint density at radius 2 is 1.97 bits per heavy atom. The zero-order valence-electron chi connectivity index (χ0n) is 20.4. The highest BCUT2D eigenvalue weighted by Gasteiger charge is 2.23. The molecule has 1 amide bonds. The van der Waals surface area contributed by atoms with E-state index in [1.165, 1.54) is 34.9 Å². The van der Waals surface area contributed by atoms with E-state index < -0.39 is 19.8 Å². The maximum absolute atomic E-state index is 15.3. The van der Waals surface area contributed by atoms with E-state index in [0.717, 1.165) is 6.04 Å². The van der Waals surface area contributed by atoms with E-state index in [4.69, 9.17) is 55.3 Å². The molecular weight excluding hydrogens is 560 g/mol. The first-order valence-electron chi connectivity index (χ1n) is 11.1. The van der Waals surface area contributed by atoms with E-state index in [-0.39, 0.29) is 62.7 Å². The van der Waals surface area contributed by atoms with Crippen LogP contribution in [0.1, 0.15) is 21.6 Å². The van der Waals surface area contributed by atoms with E-state index in [9.17, 15) is 4.79 Å². The first-order chi connectivity index (χ1) is 17.4. The standard InChI is InChI=1S/C24H25Cl3FN5O3Si/c1-37(2,3)7-6-35-13-33-20(22(27)32-24(33)30)23(34)31-12-15-4-5-18(26)21(19(15)28)36-17-9-14(11-29)8-16(25)10-17/h4-5,8-10H,6-7,12-13H2,1-3H3,(H2,30,32)(H,31,34). The molecule has 0 saturated carbocycles. The molecule has 3 aromatic rings. The summed E-state index contributed by atoms with van der Waals surface area (Å²) in [5, 5.41) is 11.9. The predicted octanol–water partition coefficient (Wildman–Crippen LogP) is 6.47. The SMILES string of the molecule is C[Si](C)(C)CCOCn1c(N)nc(Cl)c1C(=O)NCc1ccc(Cl)c(Oc2cc(Cl)cc(C#N)c2)c1F. The van der Waals surface area contributed by atoms with Gasteiger partial charge in [-0.3, -0.25) is 9.36 Å². The van der Waals surface area contributed by atoms with Crippen LogP contribution in [0.15, 0.2) is 30.3 Å². The summed E-state index contributed by atoms with van der Waals surface area (Å²) >= 11 is 18.3. The average molecular weight is 585 g/mol. The molecule has 0 bridgehead atoms. The molecule has 0 radical (unpaired) electrons. The monoisotopic (exact) mass is 583 g/mol. The zero-order valence-corrected chi connectivity index (χ0v) is 23.6. The number of ether oxygens (including phenoxy) is 2. The lowest BCUT2D eigenvalue weighted by Gasteiger charge is -2.16. The number of nitriles is 1. The number of nitrogens with two attached hydrogens (primary N) is 1. The topological polar surface area (TPSA) is 115 Å². The third kappa shape index (κ3) is 7.60. The molecule has 0 fully saturated rings. The Bertz CT molecular complexity index is 1350. The molecule has 0 unspecified atom stereocenters. The summed E-state index contributed by atoms with van der Waals surface area (Å²) in [6.07, 6.45) is 0. The summed E-state index contributed by atoms with van der Waals surface area (Å²) in [6, 6.07) is 9.98. The highest BCUT2D eigenvalue weighted by Crippen LogP contribution is 2.35. The minimum atomic E-state index is -1.30. The molecule has 8 nitrogen and oxygen atoms in total. The van der Waals surface area contributed by atoms with Crippen molar-refractivity contribution in [3.63, 3.8) is 0 Å². The van der Waals surface area contributed by atoms with Crippen molar-refractivity contribution in [2.45, 2.75) is 39.0 Å². The molecule has 0 atom stereocenters. The van der Waals surface area contributed by atoms with Gasteiger partial charge < -0.3 is 20.5 Å². The second kappa shape index (κ2) is 12.2. The Morgan fingerprint density at radius 3 is 2.65 bits per heavy atom. The number of hydrogen-bond donors (Lipinski definition) is 2. The third-order valence-electron chi connectivity index (χ3n) is 5.18. The summed E-state index contributed by atoms with van der Waals surface area (Å²) in [5.41, 5.74) is 6.25. The highest BCUT2D eigenvalue weighted by atomic mass is 35.5. The molecule has 2 aromatic carbocycles. The van der Waals surface area contributed by atoms with E-state index in [1.54, 1.807) is 0 Å². The minimum absolute atomic E-state index is 0.000903. The fraction of sp³-hybridized carbons (Fsp3) is 0.292. The number of carbonyl (C=O) groups excluding carboxylic acids is 1. The van der Waals surface area contributed by atoms with Crippen molar-refractivity contribution in [1.29, 1.82) is 5.26 Å². The van der Waals surface area contributed by atoms with Crippen LogP contribution in [0.25, 0.3) is 0 Å². The van der Waals surface area contributed by atoms with Crippen LogP contribution < -0.4 is 15.8 Å².